The molecular formula is C23H30F3N3O6. The van der Waals surface area contributed by atoms with Crippen LogP contribution in [0.4, 0.5) is 23.7 Å². The van der Waals surface area contributed by atoms with Crippen molar-refractivity contribution in [3.8, 4) is 5.75 Å². The third kappa shape index (κ3) is 8.30. The van der Waals surface area contributed by atoms with E-state index in [1.807, 2.05) is 0 Å². The van der Waals surface area contributed by atoms with E-state index in [9.17, 15) is 32.7 Å². The Hall–Kier alpha value is -3.02. The Balaban J connectivity index is 1.55. The minimum Gasteiger partial charge on any atom is -0.481 e. The number of likely N-dealkylation sites (tertiary alicyclic amines) is 2. The summed E-state index contributed by atoms with van der Waals surface area (Å²) in [6, 6.07) is 4.44. The Bertz CT molecular complexity index is 887. The SMILES string of the molecule is O=C(O)CC1CCN(C(=O)Nc2ccc(OC(F)(F)F)cc2)CC1CCN1CCC(C(=O)O)CC1. The molecule has 0 aromatic heterocycles. The molecule has 2 fully saturated rings. The number of alkyl halides is 3. The number of amides is 2. The molecule has 2 unspecified atom stereocenters. The van der Waals surface area contributed by atoms with Crippen LogP contribution in [0.25, 0.3) is 0 Å². The van der Waals surface area contributed by atoms with Gasteiger partial charge in [-0.1, -0.05) is 0 Å². The first kappa shape index (κ1) is 26.6. The van der Waals surface area contributed by atoms with Crippen LogP contribution in [0.1, 0.15) is 32.1 Å². The summed E-state index contributed by atoms with van der Waals surface area (Å²) < 4.78 is 40.8. The quantitative estimate of drug-likeness (QED) is 0.497. The van der Waals surface area contributed by atoms with Gasteiger partial charge in [0.2, 0.25) is 0 Å². The monoisotopic (exact) mass is 501 g/mol. The van der Waals surface area contributed by atoms with Crippen molar-refractivity contribution in [1.29, 1.82) is 0 Å². The van der Waals surface area contributed by atoms with E-state index in [0.717, 1.165) is 12.1 Å². The molecule has 1 aromatic rings. The Morgan fingerprint density at radius 2 is 1.66 bits per heavy atom. The molecule has 9 nitrogen and oxygen atoms in total. The minimum atomic E-state index is -4.80. The number of piperidine rings is 2. The van der Waals surface area contributed by atoms with Crippen molar-refractivity contribution in [2.45, 2.75) is 38.5 Å². The third-order valence-electron chi connectivity index (χ3n) is 6.71. The topological polar surface area (TPSA) is 119 Å². The van der Waals surface area contributed by atoms with Crippen molar-refractivity contribution < 1.29 is 42.5 Å². The fourth-order valence-electron chi connectivity index (χ4n) is 4.78. The second-order valence-electron chi connectivity index (χ2n) is 9.10. The average Bonchev–Trinajstić information content (AvgIpc) is 2.78. The van der Waals surface area contributed by atoms with Gasteiger partial charge in [0.05, 0.1) is 5.92 Å². The number of carbonyl (C=O) groups is 3. The first-order valence-corrected chi connectivity index (χ1v) is 11.6. The number of rotatable bonds is 8. The number of nitrogens with one attached hydrogen (secondary N) is 1. The van der Waals surface area contributed by atoms with E-state index in [1.165, 1.54) is 12.1 Å². The Labute approximate surface area is 200 Å². The zero-order valence-corrected chi connectivity index (χ0v) is 19.2. The van der Waals surface area contributed by atoms with Crippen molar-refractivity contribution >= 4 is 23.7 Å². The van der Waals surface area contributed by atoms with E-state index in [0.29, 0.717) is 64.1 Å². The normalized spacial score (nSPS) is 22.0. The number of carbonyl (C=O) groups excluding carboxylic acids is 1. The highest BCUT2D eigenvalue weighted by atomic mass is 19.4. The van der Waals surface area contributed by atoms with Gasteiger partial charge >= 0.3 is 24.3 Å². The second kappa shape index (κ2) is 11.6. The number of hydrogen-bond acceptors (Lipinski definition) is 5. The highest BCUT2D eigenvalue weighted by molar-refractivity contribution is 5.89. The third-order valence-corrected chi connectivity index (χ3v) is 6.71. The number of hydrogen-bond donors (Lipinski definition) is 3. The average molecular weight is 502 g/mol. The number of nitrogens with zero attached hydrogens (tertiary/aromatic N) is 2. The van der Waals surface area contributed by atoms with Crippen LogP contribution in [0, 0.1) is 17.8 Å². The van der Waals surface area contributed by atoms with Crippen LogP contribution < -0.4 is 10.1 Å². The number of carboxylic acids is 2. The predicted molar refractivity (Wildman–Crippen MR) is 119 cm³/mol. The lowest BCUT2D eigenvalue weighted by Crippen LogP contribution is -2.47. The molecular weight excluding hydrogens is 471 g/mol. The number of anilines is 1. The molecule has 2 aliphatic heterocycles. The maximum absolute atomic E-state index is 12.8. The summed E-state index contributed by atoms with van der Waals surface area (Å²) in [5, 5.41) is 21.1. The van der Waals surface area contributed by atoms with Gasteiger partial charge in [-0.05, 0) is 81.4 Å². The molecule has 0 aliphatic carbocycles. The van der Waals surface area contributed by atoms with Gasteiger partial charge in [-0.15, -0.1) is 13.2 Å². The summed E-state index contributed by atoms with van der Waals surface area (Å²) in [6.45, 7) is 2.78. The molecule has 2 heterocycles. The van der Waals surface area contributed by atoms with Crippen LogP contribution in [0.2, 0.25) is 0 Å². The van der Waals surface area contributed by atoms with Crippen molar-refractivity contribution in [3.05, 3.63) is 24.3 Å². The first-order chi connectivity index (χ1) is 16.5. The smallest absolute Gasteiger partial charge is 0.481 e. The van der Waals surface area contributed by atoms with Crippen LogP contribution in [0.15, 0.2) is 24.3 Å². The van der Waals surface area contributed by atoms with Crippen LogP contribution in [0.3, 0.4) is 0 Å². The van der Waals surface area contributed by atoms with Gasteiger partial charge in [-0.2, -0.15) is 0 Å². The highest BCUT2D eigenvalue weighted by Crippen LogP contribution is 2.31. The molecule has 12 heteroatoms. The zero-order valence-electron chi connectivity index (χ0n) is 19.2. The molecule has 0 saturated carbocycles. The Morgan fingerprint density at radius 1 is 1.00 bits per heavy atom. The highest BCUT2D eigenvalue weighted by Gasteiger charge is 2.34. The molecule has 2 amide bonds. The molecule has 2 saturated heterocycles. The summed E-state index contributed by atoms with van der Waals surface area (Å²) in [4.78, 5) is 39.1. The van der Waals surface area contributed by atoms with E-state index in [4.69, 9.17) is 5.11 Å². The molecule has 3 rings (SSSR count). The minimum absolute atomic E-state index is 0.0158. The van der Waals surface area contributed by atoms with Gasteiger partial charge in [0, 0.05) is 25.2 Å². The Morgan fingerprint density at radius 3 is 2.23 bits per heavy atom. The summed E-state index contributed by atoms with van der Waals surface area (Å²) >= 11 is 0. The molecule has 1 aromatic carbocycles. The van der Waals surface area contributed by atoms with E-state index < -0.39 is 30.1 Å². The molecule has 35 heavy (non-hydrogen) atoms. The van der Waals surface area contributed by atoms with Crippen LogP contribution >= 0.6 is 0 Å². The van der Waals surface area contributed by atoms with Gasteiger partial charge in [0.25, 0.3) is 0 Å². The van der Waals surface area contributed by atoms with Gasteiger partial charge in [0.15, 0.2) is 0 Å². The number of urea groups is 1. The number of halogens is 3. The number of ether oxygens (including phenoxy) is 1. The first-order valence-electron chi connectivity index (χ1n) is 11.6. The summed E-state index contributed by atoms with van der Waals surface area (Å²) in [5.74, 6) is -2.49. The predicted octanol–water partition coefficient (Wildman–Crippen LogP) is 3.72. The van der Waals surface area contributed by atoms with Crippen LogP contribution in [-0.4, -0.2) is 77.1 Å². The Kier molecular flexibility index (Phi) is 8.82. The second-order valence-corrected chi connectivity index (χ2v) is 9.10. The maximum Gasteiger partial charge on any atom is 0.573 e. The fourth-order valence-corrected chi connectivity index (χ4v) is 4.78. The van der Waals surface area contributed by atoms with Gasteiger partial charge in [0.1, 0.15) is 5.75 Å². The molecule has 2 aliphatic rings. The molecule has 3 N–H and O–H groups in total. The number of aliphatic carboxylic acids is 2. The van der Waals surface area contributed by atoms with Crippen molar-refractivity contribution in [3.63, 3.8) is 0 Å². The molecule has 0 spiro atoms. The lowest BCUT2D eigenvalue weighted by atomic mass is 9.81. The van der Waals surface area contributed by atoms with Gasteiger partial charge < -0.3 is 30.1 Å². The van der Waals surface area contributed by atoms with Crippen LogP contribution in [0.5, 0.6) is 5.75 Å². The standard InChI is InChI=1S/C23H30F3N3O6/c24-23(25,26)35-19-3-1-18(2-4-19)27-22(34)29-12-8-16(13-20(30)31)17(14-29)7-11-28-9-5-15(6-10-28)21(32)33/h1-4,15-17H,5-14H2,(H,27,34)(H,30,31)(H,32,33). The lowest BCUT2D eigenvalue weighted by Gasteiger charge is -2.39. The summed E-state index contributed by atoms with van der Waals surface area (Å²) in [6.07, 6.45) is -2.40. The number of carboxylic acid groups (broad SMARTS) is 2. The van der Waals surface area contributed by atoms with Crippen molar-refractivity contribution in [2.75, 3.05) is 38.0 Å². The largest absolute Gasteiger partial charge is 0.573 e. The molecule has 0 bridgehead atoms. The zero-order chi connectivity index (χ0) is 25.6. The fraction of sp³-hybridized carbons (Fsp3) is 0.609. The van der Waals surface area contributed by atoms with E-state index >= 15 is 0 Å². The summed E-state index contributed by atoms with van der Waals surface area (Å²) in [5.41, 5.74) is 0.315. The van der Waals surface area contributed by atoms with E-state index in [1.54, 1.807) is 4.90 Å². The number of benzene rings is 1. The van der Waals surface area contributed by atoms with E-state index in [2.05, 4.69) is 15.0 Å². The van der Waals surface area contributed by atoms with Crippen molar-refractivity contribution in [1.82, 2.24) is 9.80 Å². The molecule has 0 radical (unpaired) electrons. The summed E-state index contributed by atoms with van der Waals surface area (Å²) in [7, 11) is 0. The van der Waals surface area contributed by atoms with Crippen LogP contribution in [-0.2, 0) is 9.59 Å². The van der Waals surface area contributed by atoms with Gasteiger partial charge in [-0.25, -0.2) is 4.79 Å². The molecule has 2 atom stereocenters. The lowest BCUT2D eigenvalue weighted by molar-refractivity contribution is -0.274. The molecule has 194 valence electrons. The maximum atomic E-state index is 12.8. The van der Waals surface area contributed by atoms with Gasteiger partial charge in [-0.3, -0.25) is 9.59 Å². The van der Waals surface area contributed by atoms with E-state index in [-0.39, 0.29) is 24.2 Å². The van der Waals surface area contributed by atoms with Crippen molar-refractivity contribution in [2.24, 2.45) is 17.8 Å².